The molecule has 0 fully saturated rings. The Morgan fingerprint density at radius 2 is 2.46 bits per heavy atom. The molecule has 0 aliphatic carbocycles. The van der Waals surface area contributed by atoms with Crippen LogP contribution in [0.5, 0.6) is 0 Å². The topological polar surface area (TPSA) is 63.0 Å². The van der Waals surface area contributed by atoms with E-state index in [1.54, 1.807) is 4.68 Å². The molecule has 1 rings (SSSR count). The fourth-order valence-electron chi connectivity index (χ4n) is 1.02. The van der Waals surface area contributed by atoms with Crippen LogP contribution >= 0.6 is 0 Å². The van der Waals surface area contributed by atoms with Crippen molar-refractivity contribution in [2.45, 2.75) is 26.4 Å². The summed E-state index contributed by atoms with van der Waals surface area (Å²) in [5.74, 6) is 0. The first kappa shape index (κ1) is 10.1. The number of nitrogens with zero attached hydrogens (tertiary/aromatic N) is 3. The fourth-order valence-corrected chi connectivity index (χ4v) is 1.02. The van der Waals surface area contributed by atoms with Crippen molar-refractivity contribution in [1.82, 2.24) is 20.3 Å². The van der Waals surface area contributed by atoms with Gasteiger partial charge in [0.25, 0.3) is 0 Å². The summed E-state index contributed by atoms with van der Waals surface area (Å²) in [6.07, 6.45) is 2.96. The molecule has 0 saturated carbocycles. The van der Waals surface area contributed by atoms with Crippen molar-refractivity contribution in [3.63, 3.8) is 0 Å². The molecular weight excluding hydrogens is 168 g/mol. The zero-order chi connectivity index (χ0) is 9.52. The van der Waals surface area contributed by atoms with Crippen molar-refractivity contribution in [3.8, 4) is 0 Å². The van der Waals surface area contributed by atoms with Crippen molar-refractivity contribution in [2.75, 3.05) is 13.2 Å². The standard InChI is InChI=1S/C8H16N4O/c1-2-3-9-6-8-7-12(4-5-13)11-10-8/h7,9,13H,2-6H2,1H3. The van der Waals surface area contributed by atoms with Crippen LogP contribution in [0.2, 0.25) is 0 Å². The van der Waals surface area contributed by atoms with E-state index in [0.717, 1.165) is 25.2 Å². The van der Waals surface area contributed by atoms with Crippen molar-refractivity contribution >= 4 is 0 Å². The second-order valence-electron chi connectivity index (χ2n) is 2.87. The van der Waals surface area contributed by atoms with Crippen LogP contribution in [0.25, 0.3) is 0 Å². The molecule has 0 bridgehead atoms. The molecule has 1 aromatic heterocycles. The quantitative estimate of drug-likeness (QED) is 0.599. The minimum atomic E-state index is 0.102. The van der Waals surface area contributed by atoms with Gasteiger partial charge in [-0.1, -0.05) is 12.1 Å². The third kappa shape index (κ3) is 3.52. The number of nitrogens with one attached hydrogen (secondary N) is 1. The molecule has 0 saturated heterocycles. The lowest BCUT2D eigenvalue weighted by Crippen LogP contribution is -2.13. The van der Waals surface area contributed by atoms with Gasteiger partial charge in [-0.3, -0.25) is 0 Å². The van der Waals surface area contributed by atoms with Crippen LogP contribution in [0, 0.1) is 0 Å². The predicted octanol–water partition coefficient (Wildman–Crippen LogP) is -0.230. The van der Waals surface area contributed by atoms with Gasteiger partial charge in [0.05, 0.1) is 18.8 Å². The van der Waals surface area contributed by atoms with Crippen molar-refractivity contribution < 1.29 is 5.11 Å². The smallest absolute Gasteiger partial charge is 0.0964 e. The molecule has 5 nitrogen and oxygen atoms in total. The Balaban J connectivity index is 2.31. The van der Waals surface area contributed by atoms with Crippen LogP contribution in [0.3, 0.4) is 0 Å². The maximum atomic E-state index is 8.64. The molecule has 74 valence electrons. The predicted molar refractivity (Wildman–Crippen MR) is 49.1 cm³/mol. The van der Waals surface area contributed by atoms with E-state index >= 15 is 0 Å². The van der Waals surface area contributed by atoms with Gasteiger partial charge in [-0.05, 0) is 13.0 Å². The van der Waals surface area contributed by atoms with E-state index in [0.29, 0.717) is 6.54 Å². The summed E-state index contributed by atoms with van der Waals surface area (Å²) >= 11 is 0. The highest BCUT2D eigenvalue weighted by Crippen LogP contribution is 1.91. The Hall–Kier alpha value is -0.940. The van der Waals surface area contributed by atoms with Gasteiger partial charge < -0.3 is 10.4 Å². The molecule has 0 aliphatic rings. The number of aliphatic hydroxyl groups is 1. The minimum Gasteiger partial charge on any atom is -0.394 e. The Morgan fingerprint density at radius 3 is 3.15 bits per heavy atom. The van der Waals surface area contributed by atoms with Crippen LogP contribution in [-0.2, 0) is 13.1 Å². The maximum Gasteiger partial charge on any atom is 0.0964 e. The molecule has 0 radical (unpaired) electrons. The largest absolute Gasteiger partial charge is 0.394 e. The second-order valence-corrected chi connectivity index (χ2v) is 2.87. The van der Waals surface area contributed by atoms with Gasteiger partial charge in [-0.2, -0.15) is 0 Å². The average Bonchev–Trinajstić information content (AvgIpc) is 2.54. The normalized spacial score (nSPS) is 10.6. The summed E-state index contributed by atoms with van der Waals surface area (Å²) < 4.78 is 1.64. The third-order valence-electron chi connectivity index (χ3n) is 1.65. The SMILES string of the molecule is CCCNCc1cn(CCO)nn1. The van der Waals surface area contributed by atoms with E-state index in [9.17, 15) is 0 Å². The molecule has 0 unspecified atom stereocenters. The molecule has 1 aromatic rings. The molecule has 1 heterocycles. The average molecular weight is 184 g/mol. The number of aliphatic hydroxyl groups excluding tert-OH is 1. The summed E-state index contributed by atoms with van der Waals surface area (Å²) in [5.41, 5.74) is 0.918. The molecule has 5 heteroatoms. The fraction of sp³-hybridized carbons (Fsp3) is 0.750. The van der Waals surface area contributed by atoms with E-state index in [1.807, 2.05) is 6.20 Å². The Morgan fingerprint density at radius 1 is 1.62 bits per heavy atom. The summed E-state index contributed by atoms with van der Waals surface area (Å²) in [5, 5.41) is 19.7. The molecule has 0 aliphatic heterocycles. The zero-order valence-corrected chi connectivity index (χ0v) is 7.90. The summed E-state index contributed by atoms with van der Waals surface area (Å²) in [6, 6.07) is 0. The first-order valence-electron chi connectivity index (χ1n) is 4.57. The number of rotatable bonds is 6. The van der Waals surface area contributed by atoms with Crippen molar-refractivity contribution in [3.05, 3.63) is 11.9 Å². The summed E-state index contributed by atoms with van der Waals surface area (Å²) in [6.45, 7) is 4.48. The van der Waals surface area contributed by atoms with Gasteiger partial charge in [0.15, 0.2) is 0 Å². The summed E-state index contributed by atoms with van der Waals surface area (Å²) in [7, 11) is 0. The highest BCUT2D eigenvalue weighted by molar-refractivity contribution is 4.91. The first-order valence-corrected chi connectivity index (χ1v) is 4.57. The van der Waals surface area contributed by atoms with Crippen LogP contribution in [0.15, 0.2) is 6.20 Å². The van der Waals surface area contributed by atoms with Gasteiger partial charge in [0, 0.05) is 12.7 Å². The molecule has 0 amide bonds. The number of aromatic nitrogens is 3. The number of hydrogen-bond donors (Lipinski definition) is 2. The van der Waals surface area contributed by atoms with E-state index in [2.05, 4.69) is 22.6 Å². The van der Waals surface area contributed by atoms with E-state index in [1.165, 1.54) is 0 Å². The molecule has 2 N–H and O–H groups in total. The van der Waals surface area contributed by atoms with Crippen LogP contribution in [-0.4, -0.2) is 33.3 Å². The third-order valence-corrected chi connectivity index (χ3v) is 1.65. The van der Waals surface area contributed by atoms with Crippen LogP contribution < -0.4 is 5.32 Å². The highest BCUT2D eigenvalue weighted by Gasteiger charge is 1.98. The van der Waals surface area contributed by atoms with E-state index < -0.39 is 0 Å². The molecule has 0 spiro atoms. The Kier molecular flexibility index (Phi) is 4.42. The Bertz CT molecular complexity index is 236. The maximum absolute atomic E-state index is 8.64. The van der Waals surface area contributed by atoms with Crippen LogP contribution in [0.1, 0.15) is 19.0 Å². The van der Waals surface area contributed by atoms with Gasteiger partial charge in [-0.15, -0.1) is 5.10 Å². The first-order chi connectivity index (χ1) is 6.36. The second kappa shape index (κ2) is 5.66. The zero-order valence-electron chi connectivity index (χ0n) is 7.90. The van der Waals surface area contributed by atoms with Crippen molar-refractivity contribution in [2.24, 2.45) is 0 Å². The van der Waals surface area contributed by atoms with Gasteiger partial charge in [-0.25, -0.2) is 4.68 Å². The molecular formula is C8H16N4O. The van der Waals surface area contributed by atoms with Gasteiger partial charge >= 0.3 is 0 Å². The summed E-state index contributed by atoms with van der Waals surface area (Å²) in [4.78, 5) is 0. The highest BCUT2D eigenvalue weighted by atomic mass is 16.3. The lowest BCUT2D eigenvalue weighted by Gasteiger charge is -1.97. The lowest BCUT2D eigenvalue weighted by molar-refractivity contribution is 0.268. The van der Waals surface area contributed by atoms with Crippen molar-refractivity contribution in [1.29, 1.82) is 0 Å². The minimum absolute atomic E-state index is 0.102. The van der Waals surface area contributed by atoms with Gasteiger partial charge in [0.1, 0.15) is 0 Å². The number of hydrogen-bond acceptors (Lipinski definition) is 4. The van der Waals surface area contributed by atoms with Gasteiger partial charge in [0.2, 0.25) is 0 Å². The molecule has 0 atom stereocenters. The lowest BCUT2D eigenvalue weighted by atomic mass is 10.4. The Labute approximate surface area is 77.8 Å². The van der Waals surface area contributed by atoms with E-state index in [4.69, 9.17) is 5.11 Å². The molecule has 13 heavy (non-hydrogen) atoms. The molecule has 0 aromatic carbocycles. The van der Waals surface area contributed by atoms with E-state index in [-0.39, 0.29) is 6.61 Å². The monoisotopic (exact) mass is 184 g/mol. The van der Waals surface area contributed by atoms with Crippen LogP contribution in [0.4, 0.5) is 0 Å².